The number of nitrogens with zero attached hydrogens (tertiary/aromatic N) is 4. The van der Waals surface area contributed by atoms with Crippen LogP contribution in [-0.4, -0.2) is 30.6 Å². The van der Waals surface area contributed by atoms with Gasteiger partial charge in [-0.25, -0.2) is 14.6 Å². The van der Waals surface area contributed by atoms with Gasteiger partial charge in [-0.2, -0.15) is 5.10 Å². The molecular formula is C13H10N6O2. The van der Waals surface area contributed by atoms with Crippen molar-refractivity contribution in [1.82, 2.24) is 24.7 Å². The number of pyridine rings is 2. The highest BCUT2D eigenvalue weighted by Gasteiger charge is 2.10. The van der Waals surface area contributed by atoms with Gasteiger partial charge in [-0.3, -0.25) is 9.59 Å². The van der Waals surface area contributed by atoms with E-state index in [2.05, 4.69) is 25.4 Å². The molecule has 0 aromatic carbocycles. The van der Waals surface area contributed by atoms with Crippen LogP contribution in [0.2, 0.25) is 0 Å². The molecular weight excluding hydrogens is 272 g/mol. The zero-order valence-electron chi connectivity index (χ0n) is 10.7. The number of anilines is 1. The van der Waals surface area contributed by atoms with Gasteiger partial charge in [-0.1, -0.05) is 0 Å². The van der Waals surface area contributed by atoms with Gasteiger partial charge in [-0.15, -0.1) is 0 Å². The molecule has 0 bridgehead atoms. The SMILES string of the molecule is O=C(Nc1c[nH]ccc1=O)c1ccnc(-n2cncn2)c1. The van der Waals surface area contributed by atoms with E-state index in [1.165, 1.54) is 42.0 Å². The van der Waals surface area contributed by atoms with Gasteiger partial charge in [0, 0.05) is 30.2 Å². The highest BCUT2D eigenvalue weighted by Crippen LogP contribution is 2.07. The number of amides is 1. The first-order chi connectivity index (χ1) is 10.2. The van der Waals surface area contributed by atoms with Crippen LogP contribution in [0.3, 0.4) is 0 Å². The number of H-pyrrole nitrogens is 1. The number of carbonyl (C=O) groups is 1. The third kappa shape index (κ3) is 2.68. The maximum atomic E-state index is 12.2. The van der Waals surface area contributed by atoms with E-state index in [4.69, 9.17) is 0 Å². The Hall–Kier alpha value is -3.29. The fraction of sp³-hybridized carbons (Fsp3) is 0. The first kappa shape index (κ1) is 12.7. The van der Waals surface area contributed by atoms with Crippen molar-refractivity contribution in [2.24, 2.45) is 0 Å². The van der Waals surface area contributed by atoms with E-state index in [1.54, 1.807) is 12.1 Å². The quantitative estimate of drug-likeness (QED) is 0.732. The van der Waals surface area contributed by atoms with Crippen LogP contribution in [-0.2, 0) is 0 Å². The van der Waals surface area contributed by atoms with Crippen LogP contribution in [0.5, 0.6) is 0 Å². The molecule has 0 fully saturated rings. The summed E-state index contributed by atoms with van der Waals surface area (Å²) in [5.74, 6) is 0.0533. The van der Waals surface area contributed by atoms with Gasteiger partial charge in [0.25, 0.3) is 5.91 Å². The Morgan fingerprint density at radius 1 is 1.33 bits per heavy atom. The predicted octanol–water partition coefficient (Wildman–Crippen LogP) is 0.603. The number of hydrogen-bond acceptors (Lipinski definition) is 5. The molecule has 0 radical (unpaired) electrons. The van der Waals surface area contributed by atoms with Gasteiger partial charge in [-0.05, 0) is 12.1 Å². The van der Waals surface area contributed by atoms with Crippen molar-refractivity contribution in [2.45, 2.75) is 0 Å². The predicted molar refractivity (Wildman–Crippen MR) is 74.2 cm³/mol. The summed E-state index contributed by atoms with van der Waals surface area (Å²) >= 11 is 0. The molecule has 0 spiro atoms. The molecule has 0 aliphatic rings. The summed E-state index contributed by atoms with van der Waals surface area (Å²) in [5, 5.41) is 6.48. The lowest BCUT2D eigenvalue weighted by Crippen LogP contribution is -2.18. The average Bonchev–Trinajstić information content (AvgIpc) is 3.04. The fourth-order valence-corrected chi connectivity index (χ4v) is 1.72. The summed E-state index contributed by atoms with van der Waals surface area (Å²) in [6.45, 7) is 0. The summed E-state index contributed by atoms with van der Waals surface area (Å²) in [5.41, 5.74) is 0.271. The molecule has 0 atom stereocenters. The largest absolute Gasteiger partial charge is 0.366 e. The van der Waals surface area contributed by atoms with Gasteiger partial charge in [0.1, 0.15) is 18.3 Å². The van der Waals surface area contributed by atoms with Crippen molar-refractivity contribution in [3.8, 4) is 5.82 Å². The zero-order chi connectivity index (χ0) is 14.7. The maximum absolute atomic E-state index is 12.2. The molecule has 3 aromatic rings. The lowest BCUT2D eigenvalue weighted by atomic mass is 10.2. The van der Waals surface area contributed by atoms with E-state index in [0.717, 1.165) is 0 Å². The minimum absolute atomic E-state index is 0.182. The smallest absolute Gasteiger partial charge is 0.255 e. The third-order valence-corrected chi connectivity index (χ3v) is 2.73. The van der Waals surface area contributed by atoms with E-state index in [1.807, 2.05) is 0 Å². The number of carbonyl (C=O) groups excluding carboxylic acids is 1. The number of hydrogen-bond donors (Lipinski definition) is 2. The van der Waals surface area contributed by atoms with E-state index in [9.17, 15) is 9.59 Å². The van der Waals surface area contributed by atoms with E-state index in [-0.39, 0.29) is 11.1 Å². The van der Waals surface area contributed by atoms with Crippen molar-refractivity contribution in [3.05, 3.63) is 65.2 Å². The van der Waals surface area contributed by atoms with E-state index in [0.29, 0.717) is 11.4 Å². The molecule has 8 nitrogen and oxygen atoms in total. The minimum atomic E-state index is -0.407. The Balaban J connectivity index is 1.87. The molecule has 0 saturated heterocycles. The Kier molecular flexibility index (Phi) is 3.26. The molecule has 0 aliphatic heterocycles. The fourth-order valence-electron chi connectivity index (χ4n) is 1.72. The lowest BCUT2D eigenvalue weighted by Gasteiger charge is -2.05. The van der Waals surface area contributed by atoms with Crippen LogP contribution < -0.4 is 10.7 Å². The number of aromatic nitrogens is 5. The summed E-state index contributed by atoms with van der Waals surface area (Å²) in [4.78, 5) is 34.4. The van der Waals surface area contributed by atoms with E-state index >= 15 is 0 Å². The molecule has 0 unspecified atom stereocenters. The Morgan fingerprint density at radius 3 is 3.00 bits per heavy atom. The van der Waals surface area contributed by atoms with Crippen molar-refractivity contribution >= 4 is 11.6 Å². The Bertz CT molecular complexity index is 824. The number of aromatic amines is 1. The second-order valence-corrected chi connectivity index (χ2v) is 4.12. The van der Waals surface area contributed by atoms with Crippen LogP contribution in [0.15, 0.2) is 54.2 Å². The second kappa shape index (κ2) is 5.37. The van der Waals surface area contributed by atoms with Gasteiger partial charge in [0.2, 0.25) is 5.43 Å². The molecule has 3 aromatic heterocycles. The van der Waals surface area contributed by atoms with Crippen LogP contribution in [0, 0.1) is 0 Å². The Labute approximate surface area is 118 Å². The first-order valence-electron chi connectivity index (χ1n) is 6.03. The summed E-state index contributed by atoms with van der Waals surface area (Å²) in [6, 6.07) is 4.44. The molecule has 2 N–H and O–H groups in total. The monoisotopic (exact) mass is 282 g/mol. The van der Waals surface area contributed by atoms with Crippen molar-refractivity contribution < 1.29 is 4.79 Å². The van der Waals surface area contributed by atoms with Gasteiger partial charge >= 0.3 is 0 Å². The zero-order valence-corrected chi connectivity index (χ0v) is 10.7. The highest BCUT2D eigenvalue weighted by atomic mass is 16.2. The van der Waals surface area contributed by atoms with Crippen LogP contribution in [0.4, 0.5) is 5.69 Å². The molecule has 104 valence electrons. The first-order valence-corrected chi connectivity index (χ1v) is 6.03. The summed E-state index contributed by atoms with van der Waals surface area (Å²) in [7, 11) is 0. The molecule has 3 rings (SSSR count). The summed E-state index contributed by atoms with van der Waals surface area (Å²) in [6.07, 6.45) is 7.26. The minimum Gasteiger partial charge on any atom is -0.366 e. The van der Waals surface area contributed by atoms with Gasteiger partial charge < -0.3 is 10.3 Å². The third-order valence-electron chi connectivity index (χ3n) is 2.73. The van der Waals surface area contributed by atoms with Crippen LogP contribution >= 0.6 is 0 Å². The number of rotatable bonds is 3. The van der Waals surface area contributed by atoms with Crippen molar-refractivity contribution in [1.29, 1.82) is 0 Å². The number of nitrogens with one attached hydrogen (secondary N) is 2. The molecule has 21 heavy (non-hydrogen) atoms. The molecule has 8 heteroatoms. The standard InChI is InChI=1S/C13H10N6O2/c20-11-2-3-14-6-10(11)18-13(21)9-1-4-16-12(5-9)19-8-15-7-17-19/h1-8H,(H,14,20)(H,18,21). The lowest BCUT2D eigenvalue weighted by molar-refractivity contribution is 0.102. The molecule has 0 aliphatic carbocycles. The molecule has 1 amide bonds. The van der Waals surface area contributed by atoms with Crippen LogP contribution in [0.1, 0.15) is 10.4 Å². The molecule has 0 saturated carbocycles. The highest BCUT2D eigenvalue weighted by molar-refractivity contribution is 6.04. The maximum Gasteiger partial charge on any atom is 0.255 e. The van der Waals surface area contributed by atoms with Crippen LogP contribution in [0.25, 0.3) is 5.82 Å². The van der Waals surface area contributed by atoms with Gasteiger partial charge in [0.05, 0.1) is 0 Å². The normalized spacial score (nSPS) is 10.3. The van der Waals surface area contributed by atoms with E-state index < -0.39 is 5.91 Å². The summed E-state index contributed by atoms with van der Waals surface area (Å²) < 4.78 is 1.44. The second-order valence-electron chi connectivity index (χ2n) is 4.12. The van der Waals surface area contributed by atoms with Crippen molar-refractivity contribution in [2.75, 3.05) is 5.32 Å². The Morgan fingerprint density at radius 2 is 2.24 bits per heavy atom. The average molecular weight is 282 g/mol. The topological polar surface area (TPSA) is 106 Å². The van der Waals surface area contributed by atoms with Crippen molar-refractivity contribution in [3.63, 3.8) is 0 Å². The van der Waals surface area contributed by atoms with Gasteiger partial charge in [0.15, 0.2) is 5.82 Å². The molecule has 3 heterocycles.